The fraction of sp³-hybridized carbons (Fsp3) is 0.400. The second kappa shape index (κ2) is 6.96. The lowest BCUT2D eigenvalue weighted by Gasteiger charge is -2.12. The van der Waals surface area contributed by atoms with E-state index in [0.717, 1.165) is 30.3 Å². The summed E-state index contributed by atoms with van der Waals surface area (Å²) in [6.45, 7) is 4.32. The minimum Gasteiger partial charge on any atom is -0.493 e. The number of ether oxygens (including phenoxy) is 2. The SMILES string of the molecule is CCNCc1ccc(OC)c(OCc2cncn2C)c1. The minimum absolute atomic E-state index is 0.470. The van der Waals surface area contributed by atoms with Gasteiger partial charge in [-0.05, 0) is 24.2 Å². The van der Waals surface area contributed by atoms with Gasteiger partial charge in [-0.2, -0.15) is 0 Å². The van der Waals surface area contributed by atoms with Crippen molar-refractivity contribution in [1.82, 2.24) is 14.9 Å². The van der Waals surface area contributed by atoms with Crippen molar-refractivity contribution >= 4 is 0 Å². The Hall–Kier alpha value is -2.01. The first-order chi connectivity index (χ1) is 9.74. The zero-order valence-electron chi connectivity index (χ0n) is 12.2. The maximum Gasteiger partial charge on any atom is 0.162 e. The van der Waals surface area contributed by atoms with Crippen LogP contribution >= 0.6 is 0 Å². The molecule has 5 nitrogen and oxygen atoms in total. The molecule has 1 heterocycles. The molecule has 2 rings (SSSR count). The van der Waals surface area contributed by atoms with Crippen molar-refractivity contribution in [3.63, 3.8) is 0 Å². The van der Waals surface area contributed by atoms with Crippen LogP contribution in [0.15, 0.2) is 30.7 Å². The van der Waals surface area contributed by atoms with Gasteiger partial charge in [-0.3, -0.25) is 0 Å². The molecule has 0 spiro atoms. The van der Waals surface area contributed by atoms with Gasteiger partial charge in [0.2, 0.25) is 0 Å². The lowest BCUT2D eigenvalue weighted by Crippen LogP contribution is -2.12. The van der Waals surface area contributed by atoms with Crippen molar-refractivity contribution in [2.45, 2.75) is 20.1 Å². The highest BCUT2D eigenvalue weighted by Crippen LogP contribution is 2.28. The quantitative estimate of drug-likeness (QED) is 0.841. The van der Waals surface area contributed by atoms with Crippen LogP contribution in [0.5, 0.6) is 11.5 Å². The molecule has 0 aliphatic rings. The van der Waals surface area contributed by atoms with Gasteiger partial charge in [0.15, 0.2) is 11.5 Å². The molecule has 0 amide bonds. The van der Waals surface area contributed by atoms with Crippen LogP contribution < -0.4 is 14.8 Å². The number of hydrogen-bond acceptors (Lipinski definition) is 4. The fourth-order valence-corrected chi connectivity index (χ4v) is 1.89. The van der Waals surface area contributed by atoms with Crippen molar-refractivity contribution in [2.24, 2.45) is 7.05 Å². The number of aromatic nitrogens is 2. The summed E-state index contributed by atoms with van der Waals surface area (Å²) in [7, 11) is 3.60. The highest BCUT2D eigenvalue weighted by atomic mass is 16.5. The third-order valence-corrected chi connectivity index (χ3v) is 3.10. The van der Waals surface area contributed by atoms with Gasteiger partial charge < -0.3 is 19.4 Å². The molecule has 1 aromatic carbocycles. The molecular formula is C15H21N3O2. The number of rotatable bonds is 7. The van der Waals surface area contributed by atoms with Crippen LogP contribution in [0.4, 0.5) is 0 Å². The van der Waals surface area contributed by atoms with E-state index >= 15 is 0 Å². The Bertz CT molecular complexity index is 552. The zero-order chi connectivity index (χ0) is 14.4. The van der Waals surface area contributed by atoms with Gasteiger partial charge in [-0.25, -0.2) is 4.98 Å². The van der Waals surface area contributed by atoms with Crippen LogP contribution in [-0.2, 0) is 20.2 Å². The molecule has 0 aliphatic carbocycles. The van der Waals surface area contributed by atoms with E-state index in [4.69, 9.17) is 9.47 Å². The van der Waals surface area contributed by atoms with Crippen LogP contribution in [0.2, 0.25) is 0 Å². The van der Waals surface area contributed by atoms with Crippen LogP contribution in [0, 0.1) is 0 Å². The normalized spacial score (nSPS) is 10.6. The lowest BCUT2D eigenvalue weighted by atomic mass is 10.2. The van der Waals surface area contributed by atoms with E-state index in [2.05, 4.69) is 17.2 Å². The maximum atomic E-state index is 5.86. The van der Waals surface area contributed by atoms with E-state index in [1.165, 1.54) is 5.56 Å². The summed E-state index contributed by atoms with van der Waals surface area (Å²) in [5.74, 6) is 1.50. The molecule has 0 radical (unpaired) electrons. The number of aryl methyl sites for hydroxylation is 1. The highest BCUT2D eigenvalue weighted by molar-refractivity contribution is 5.43. The van der Waals surface area contributed by atoms with Gasteiger partial charge in [0.25, 0.3) is 0 Å². The molecule has 0 fully saturated rings. The van der Waals surface area contributed by atoms with Crippen molar-refractivity contribution in [2.75, 3.05) is 13.7 Å². The van der Waals surface area contributed by atoms with Gasteiger partial charge in [0.05, 0.1) is 25.3 Å². The highest BCUT2D eigenvalue weighted by Gasteiger charge is 2.07. The van der Waals surface area contributed by atoms with E-state index < -0.39 is 0 Å². The molecule has 0 bridgehead atoms. The number of hydrogen-bond donors (Lipinski definition) is 1. The molecule has 2 aromatic rings. The third-order valence-electron chi connectivity index (χ3n) is 3.10. The van der Waals surface area contributed by atoms with Gasteiger partial charge >= 0.3 is 0 Å². The van der Waals surface area contributed by atoms with E-state index in [0.29, 0.717) is 6.61 Å². The first kappa shape index (κ1) is 14.4. The summed E-state index contributed by atoms with van der Waals surface area (Å²) in [4.78, 5) is 4.08. The summed E-state index contributed by atoms with van der Waals surface area (Å²) in [6.07, 6.45) is 3.56. The standard InChI is InChI=1S/C15H21N3O2/c1-4-16-8-12-5-6-14(19-3)15(7-12)20-10-13-9-17-11-18(13)2/h5-7,9,11,16H,4,8,10H2,1-3H3. The molecule has 108 valence electrons. The van der Waals surface area contributed by atoms with E-state index in [1.807, 2.05) is 29.8 Å². The average Bonchev–Trinajstić information content (AvgIpc) is 2.88. The second-order valence-corrected chi connectivity index (χ2v) is 4.55. The summed E-state index contributed by atoms with van der Waals surface area (Å²) >= 11 is 0. The Morgan fingerprint density at radius 1 is 1.30 bits per heavy atom. The summed E-state index contributed by atoms with van der Waals surface area (Å²) in [6, 6.07) is 5.99. The molecule has 5 heteroatoms. The molecule has 1 N–H and O–H groups in total. The average molecular weight is 275 g/mol. The molecule has 0 atom stereocenters. The van der Waals surface area contributed by atoms with Crippen molar-refractivity contribution < 1.29 is 9.47 Å². The van der Waals surface area contributed by atoms with Gasteiger partial charge in [0.1, 0.15) is 6.61 Å². The fourth-order valence-electron chi connectivity index (χ4n) is 1.89. The molecule has 0 saturated carbocycles. The predicted molar refractivity (Wildman–Crippen MR) is 77.9 cm³/mol. The molecular weight excluding hydrogens is 254 g/mol. The third kappa shape index (κ3) is 3.51. The topological polar surface area (TPSA) is 48.3 Å². The molecule has 20 heavy (non-hydrogen) atoms. The predicted octanol–water partition coefficient (Wildman–Crippen LogP) is 2.12. The van der Waals surface area contributed by atoms with Crippen LogP contribution in [0.3, 0.4) is 0 Å². The molecule has 0 aliphatic heterocycles. The summed E-state index contributed by atoms with van der Waals surface area (Å²) < 4.78 is 13.1. The van der Waals surface area contributed by atoms with Crippen molar-refractivity contribution in [3.8, 4) is 11.5 Å². The Kier molecular flexibility index (Phi) is 5.01. The number of methoxy groups -OCH3 is 1. The molecule has 1 aromatic heterocycles. The zero-order valence-corrected chi connectivity index (χ0v) is 12.2. The van der Waals surface area contributed by atoms with Crippen LogP contribution in [0.25, 0.3) is 0 Å². The van der Waals surface area contributed by atoms with Gasteiger partial charge in [-0.1, -0.05) is 13.0 Å². The van der Waals surface area contributed by atoms with Crippen LogP contribution in [0.1, 0.15) is 18.2 Å². The molecule has 0 saturated heterocycles. The Labute approximate surface area is 119 Å². The van der Waals surface area contributed by atoms with Gasteiger partial charge in [-0.15, -0.1) is 0 Å². The number of nitrogens with zero attached hydrogens (tertiary/aromatic N) is 2. The van der Waals surface area contributed by atoms with E-state index in [1.54, 1.807) is 19.6 Å². The minimum atomic E-state index is 0.470. The first-order valence-electron chi connectivity index (χ1n) is 6.70. The Morgan fingerprint density at radius 3 is 2.80 bits per heavy atom. The van der Waals surface area contributed by atoms with Gasteiger partial charge in [0, 0.05) is 13.6 Å². The number of benzene rings is 1. The largest absolute Gasteiger partial charge is 0.493 e. The van der Waals surface area contributed by atoms with E-state index in [9.17, 15) is 0 Å². The first-order valence-corrected chi connectivity index (χ1v) is 6.70. The monoisotopic (exact) mass is 275 g/mol. The Balaban J connectivity index is 2.09. The van der Waals surface area contributed by atoms with E-state index in [-0.39, 0.29) is 0 Å². The summed E-state index contributed by atoms with van der Waals surface area (Å²) in [5, 5.41) is 3.30. The number of nitrogens with one attached hydrogen (secondary N) is 1. The maximum absolute atomic E-state index is 5.86. The van der Waals surface area contributed by atoms with Crippen LogP contribution in [-0.4, -0.2) is 23.2 Å². The second-order valence-electron chi connectivity index (χ2n) is 4.55. The van der Waals surface area contributed by atoms with Crippen molar-refractivity contribution in [1.29, 1.82) is 0 Å². The van der Waals surface area contributed by atoms with Crippen molar-refractivity contribution in [3.05, 3.63) is 42.0 Å². The number of imidazole rings is 1. The summed E-state index contributed by atoms with van der Waals surface area (Å²) in [5.41, 5.74) is 2.19. The Morgan fingerprint density at radius 2 is 2.15 bits per heavy atom. The lowest BCUT2D eigenvalue weighted by molar-refractivity contribution is 0.277. The molecule has 0 unspecified atom stereocenters. The smallest absolute Gasteiger partial charge is 0.162 e.